The van der Waals surface area contributed by atoms with Crippen LogP contribution >= 0.6 is 0 Å². The van der Waals surface area contributed by atoms with Crippen LogP contribution in [0.15, 0.2) is 0 Å². The summed E-state index contributed by atoms with van der Waals surface area (Å²) in [7, 11) is 0. The first-order valence-corrected chi connectivity index (χ1v) is 9.15. The average Bonchev–Trinajstić information content (AvgIpc) is 2.55. The van der Waals surface area contributed by atoms with Crippen LogP contribution in [0, 0.1) is 0 Å². The summed E-state index contributed by atoms with van der Waals surface area (Å²) in [6.07, 6.45) is 4.14. The lowest BCUT2D eigenvalue weighted by Gasteiger charge is -2.08. The summed E-state index contributed by atoms with van der Waals surface area (Å²) >= 11 is 0. The molecule has 0 unspecified atom stereocenters. The first-order valence-electron chi connectivity index (χ1n) is 9.15. The number of hydrogen-bond acceptors (Lipinski definition) is 4. The van der Waals surface area contributed by atoms with Gasteiger partial charge in [-0.25, -0.2) is 9.59 Å². The van der Waals surface area contributed by atoms with Crippen LogP contribution in [-0.4, -0.2) is 64.4 Å². The summed E-state index contributed by atoms with van der Waals surface area (Å²) in [5.41, 5.74) is 0. The number of nitrogens with one attached hydrogen (secondary N) is 6. The molecule has 0 aliphatic heterocycles. The van der Waals surface area contributed by atoms with Gasteiger partial charge in [-0.1, -0.05) is 7.43 Å². The topological polar surface area (TPSA) is 106 Å². The SMILES string of the molecule is C.CCNC(=O)NCCCNCCCCNCCCNC(=O)NCC. The van der Waals surface area contributed by atoms with E-state index < -0.39 is 0 Å². The van der Waals surface area contributed by atoms with Gasteiger partial charge >= 0.3 is 12.1 Å². The van der Waals surface area contributed by atoms with E-state index in [0.29, 0.717) is 26.2 Å². The Morgan fingerprint density at radius 3 is 1.28 bits per heavy atom. The van der Waals surface area contributed by atoms with Gasteiger partial charge in [-0.3, -0.25) is 0 Å². The van der Waals surface area contributed by atoms with E-state index in [9.17, 15) is 9.59 Å². The monoisotopic (exact) mass is 360 g/mol. The Morgan fingerprint density at radius 1 is 0.560 bits per heavy atom. The van der Waals surface area contributed by atoms with Gasteiger partial charge in [0.05, 0.1) is 0 Å². The number of carbonyl (C=O) groups excluding carboxylic acids is 2. The van der Waals surface area contributed by atoms with E-state index in [2.05, 4.69) is 31.9 Å². The first kappa shape index (κ1) is 25.7. The maximum atomic E-state index is 11.1. The van der Waals surface area contributed by atoms with E-state index in [0.717, 1.165) is 51.9 Å². The minimum Gasteiger partial charge on any atom is -0.338 e. The highest BCUT2D eigenvalue weighted by Gasteiger charge is 1.97. The molecule has 0 radical (unpaired) electrons. The molecule has 4 amide bonds. The number of amides is 4. The first-order chi connectivity index (χ1) is 11.7. The van der Waals surface area contributed by atoms with Gasteiger partial charge in [-0.05, 0) is 65.7 Å². The minimum absolute atomic E-state index is 0. The van der Waals surface area contributed by atoms with Crippen LogP contribution in [0.5, 0.6) is 0 Å². The Morgan fingerprint density at radius 2 is 0.920 bits per heavy atom. The molecule has 150 valence electrons. The summed E-state index contributed by atoms with van der Waals surface area (Å²) < 4.78 is 0. The molecule has 0 heterocycles. The van der Waals surface area contributed by atoms with Gasteiger partial charge in [0, 0.05) is 26.2 Å². The summed E-state index contributed by atoms with van der Waals surface area (Å²) in [6, 6.07) is -0.186. The van der Waals surface area contributed by atoms with E-state index in [4.69, 9.17) is 0 Å². The van der Waals surface area contributed by atoms with Crippen molar-refractivity contribution in [3.05, 3.63) is 0 Å². The molecule has 0 saturated carbocycles. The van der Waals surface area contributed by atoms with Crippen molar-refractivity contribution in [2.75, 3.05) is 52.4 Å². The fraction of sp³-hybridized carbons (Fsp3) is 0.882. The molecule has 0 saturated heterocycles. The van der Waals surface area contributed by atoms with Gasteiger partial charge in [-0.15, -0.1) is 0 Å². The van der Waals surface area contributed by atoms with Crippen LogP contribution < -0.4 is 31.9 Å². The highest BCUT2D eigenvalue weighted by Crippen LogP contribution is 1.85. The van der Waals surface area contributed by atoms with Crippen molar-refractivity contribution in [2.45, 2.75) is 47.0 Å². The number of hydrogen-bond donors (Lipinski definition) is 6. The molecule has 0 aromatic rings. The van der Waals surface area contributed by atoms with Gasteiger partial charge in [0.1, 0.15) is 0 Å². The summed E-state index contributed by atoms with van der Waals surface area (Å²) in [5.74, 6) is 0. The van der Waals surface area contributed by atoms with Crippen molar-refractivity contribution in [2.24, 2.45) is 0 Å². The summed E-state index contributed by atoms with van der Waals surface area (Å²) in [5, 5.41) is 17.7. The molecule has 0 aliphatic rings. The fourth-order valence-electron chi connectivity index (χ4n) is 2.03. The lowest BCUT2D eigenvalue weighted by molar-refractivity contribution is 0.240. The molecule has 8 nitrogen and oxygen atoms in total. The molecule has 0 fully saturated rings. The molecule has 0 spiro atoms. The van der Waals surface area contributed by atoms with Crippen molar-refractivity contribution in [3.63, 3.8) is 0 Å². The molecule has 0 aromatic carbocycles. The standard InChI is InChI=1S/C16H36N6O2.CH4/c1-3-19-15(23)21-13-7-11-17-9-5-6-10-18-12-8-14-22-16(24)20-4-2;/h17-18H,3-14H2,1-2H3,(H2,19,21,23)(H2,20,22,24);1H4. The van der Waals surface area contributed by atoms with Gasteiger partial charge in [0.15, 0.2) is 0 Å². The molecule has 25 heavy (non-hydrogen) atoms. The van der Waals surface area contributed by atoms with Gasteiger partial charge in [0.2, 0.25) is 0 Å². The maximum absolute atomic E-state index is 11.1. The highest BCUT2D eigenvalue weighted by molar-refractivity contribution is 5.73. The molecule has 0 atom stereocenters. The Hall–Kier alpha value is -1.54. The van der Waals surface area contributed by atoms with Gasteiger partial charge in [-0.2, -0.15) is 0 Å². The molecular formula is C17H40N6O2. The van der Waals surface area contributed by atoms with Crippen LogP contribution in [0.2, 0.25) is 0 Å². The van der Waals surface area contributed by atoms with E-state index in [1.807, 2.05) is 13.8 Å². The molecule has 0 bridgehead atoms. The second-order valence-electron chi connectivity index (χ2n) is 5.49. The third-order valence-corrected chi connectivity index (χ3v) is 3.26. The third kappa shape index (κ3) is 20.4. The van der Waals surface area contributed by atoms with Gasteiger partial charge < -0.3 is 31.9 Å². The van der Waals surface area contributed by atoms with Crippen LogP contribution in [0.25, 0.3) is 0 Å². The van der Waals surface area contributed by atoms with E-state index in [-0.39, 0.29) is 19.5 Å². The lowest BCUT2D eigenvalue weighted by atomic mass is 10.3. The average molecular weight is 361 g/mol. The summed E-state index contributed by atoms with van der Waals surface area (Å²) in [4.78, 5) is 22.3. The zero-order valence-corrected chi connectivity index (χ0v) is 15.3. The number of urea groups is 2. The number of carbonyl (C=O) groups is 2. The molecule has 0 aliphatic carbocycles. The zero-order chi connectivity index (χ0) is 17.9. The maximum Gasteiger partial charge on any atom is 0.314 e. The Balaban J connectivity index is 0. The number of rotatable bonds is 15. The molecule has 8 heteroatoms. The van der Waals surface area contributed by atoms with Crippen LogP contribution in [0.1, 0.15) is 47.0 Å². The van der Waals surface area contributed by atoms with Crippen LogP contribution in [-0.2, 0) is 0 Å². The minimum atomic E-state index is -0.0928. The highest BCUT2D eigenvalue weighted by atomic mass is 16.2. The molecule has 6 N–H and O–H groups in total. The van der Waals surface area contributed by atoms with E-state index in [1.165, 1.54) is 0 Å². The Kier molecular flexibility index (Phi) is 21.1. The molecular weight excluding hydrogens is 320 g/mol. The quantitative estimate of drug-likeness (QED) is 0.245. The molecule has 0 rings (SSSR count). The van der Waals surface area contributed by atoms with Crippen molar-refractivity contribution >= 4 is 12.1 Å². The zero-order valence-electron chi connectivity index (χ0n) is 15.3. The van der Waals surface area contributed by atoms with E-state index >= 15 is 0 Å². The van der Waals surface area contributed by atoms with Crippen molar-refractivity contribution in [1.82, 2.24) is 31.9 Å². The fourth-order valence-corrected chi connectivity index (χ4v) is 2.03. The predicted octanol–water partition coefficient (Wildman–Crippen LogP) is 1.00. The van der Waals surface area contributed by atoms with Gasteiger partial charge in [0.25, 0.3) is 0 Å². The Labute approximate surface area is 153 Å². The predicted molar refractivity (Wildman–Crippen MR) is 105 cm³/mol. The normalized spacial score (nSPS) is 9.84. The lowest BCUT2D eigenvalue weighted by Crippen LogP contribution is -2.36. The van der Waals surface area contributed by atoms with Crippen molar-refractivity contribution in [3.8, 4) is 0 Å². The van der Waals surface area contributed by atoms with E-state index in [1.54, 1.807) is 0 Å². The smallest absolute Gasteiger partial charge is 0.314 e. The second-order valence-corrected chi connectivity index (χ2v) is 5.49. The third-order valence-electron chi connectivity index (χ3n) is 3.26. The second kappa shape index (κ2) is 20.5. The van der Waals surface area contributed by atoms with Crippen molar-refractivity contribution in [1.29, 1.82) is 0 Å². The number of unbranched alkanes of at least 4 members (excludes halogenated alkanes) is 1. The molecule has 0 aromatic heterocycles. The van der Waals surface area contributed by atoms with Crippen LogP contribution in [0.4, 0.5) is 9.59 Å². The van der Waals surface area contributed by atoms with Crippen molar-refractivity contribution < 1.29 is 9.59 Å². The summed E-state index contributed by atoms with van der Waals surface area (Å²) in [6.45, 7) is 10.4. The largest absolute Gasteiger partial charge is 0.338 e. The Bertz CT molecular complexity index is 286. The van der Waals surface area contributed by atoms with Crippen LogP contribution in [0.3, 0.4) is 0 Å².